The average molecular weight is 577 g/mol. The zero-order chi connectivity index (χ0) is 29.4. The Hall–Kier alpha value is -4.89. The van der Waals surface area contributed by atoms with Crippen molar-refractivity contribution in [1.29, 1.82) is 0 Å². The van der Waals surface area contributed by atoms with Crippen molar-refractivity contribution in [3.63, 3.8) is 0 Å². The van der Waals surface area contributed by atoms with Crippen LogP contribution >= 0.6 is 0 Å². The Morgan fingerprint density at radius 2 is 1.86 bits per heavy atom. The molecule has 9 nitrogen and oxygen atoms in total. The number of nitrogens with one attached hydrogen (secondary N) is 1. The van der Waals surface area contributed by atoms with E-state index in [1.165, 1.54) is 5.56 Å². The number of hydrogen-bond donors (Lipinski definition) is 1. The van der Waals surface area contributed by atoms with Gasteiger partial charge in [-0.25, -0.2) is 9.97 Å². The second-order valence-corrected chi connectivity index (χ2v) is 10.7. The molecule has 43 heavy (non-hydrogen) atoms. The highest BCUT2D eigenvalue weighted by atomic mass is 16.5. The minimum absolute atomic E-state index is 0.127. The lowest BCUT2D eigenvalue weighted by molar-refractivity contribution is 0.0686. The third-order valence-corrected chi connectivity index (χ3v) is 7.70. The van der Waals surface area contributed by atoms with E-state index in [-0.39, 0.29) is 5.91 Å². The van der Waals surface area contributed by atoms with Gasteiger partial charge in [0.25, 0.3) is 5.91 Å². The molecule has 1 aliphatic rings. The van der Waals surface area contributed by atoms with Gasteiger partial charge < -0.3 is 23.9 Å². The summed E-state index contributed by atoms with van der Waals surface area (Å²) in [5.41, 5.74) is 5.35. The number of benzene rings is 2. The van der Waals surface area contributed by atoms with Crippen LogP contribution in [0, 0.1) is 0 Å². The molecule has 4 heterocycles. The SMILES string of the molecule is COc1ccc(-c2ccc3c(c2)CN(C(=O)c2ccc(Cn4ccnc4)o2)CCN(Cc2ccccc2)CCCN3)cn1. The van der Waals surface area contributed by atoms with Crippen LogP contribution in [-0.4, -0.2) is 63.5 Å². The summed E-state index contributed by atoms with van der Waals surface area (Å²) in [6, 6.07) is 24.4. The largest absolute Gasteiger partial charge is 0.481 e. The van der Waals surface area contributed by atoms with E-state index in [1.807, 2.05) is 46.1 Å². The second-order valence-electron chi connectivity index (χ2n) is 10.7. The molecule has 0 fully saturated rings. The molecular formula is C34H36N6O3. The molecule has 0 unspecified atom stereocenters. The van der Waals surface area contributed by atoms with E-state index < -0.39 is 0 Å². The van der Waals surface area contributed by atoms with Crippen molar-refractivity contribution in [1.82, 2.24) is 24.3 Å². The molecule has 1 N–H and O–H groups in total. The smallest absolute Gasteiger partial charge is 0.289 e. The first kappa shape index (κ1) is 28.2. The Morgan fingerprint density at radius 3 is 2.65 bits per heavy atom. The van der Waals surface area contributed by atoms with Crippen molar-refractivity contribution in [2.24, 2.45) is 0 Å². The number of furan rings is 1. The van der Waals surface area contributed by atoms with Crippen molar-refractivity contribution >= 4 is 11.6 Å². The lowest BCUT2D eigenvalue weighted by Gasteiger charge is -2.27. The van der Waals surface area contributed by atoms with Crippen LogP contribution in [0.5, 0.6) is 5.88 Å². The number of aromatic nitrogens is 3. The first-order valence-corrected chi connectivity index (χ1v) is 14.6. The minimum Gasteiger partial charge on any atom is -0.481 e. The monoisotopic (exact) mass is 576 g/mol. The zero-order valence-corrected chi connectivity index (χ0v) is 24.4. The van der Waals surface area contributed by atoms with Crippen LogP contribution in [0.3, 0.4) is 0 Å². The van der Waals surface area contributed by atoms with Gasteiger partial charge in [-0.15, -0.1) is 0 Å². The van der Waals surface area contributed by atoms with Crippen LogP contribution < -0.4 is 10.1 Å². The second kappa shape index (κ2) is 13.4. The Morgan fingerprint density at radius 1 is 0.977 bits per heavy atom. The molecule has 220 valence electrons. The molecule has 5 aromatic rings. The number of carbonyl (C=O) groups is 1. The highest BCUT2D eigenvalue weighted by molar-refractivity contribution is 5.91. The third-order valence-electron chi connectivity index (χ3n) is 7.70. The maximum Gasteiger partial charge on any atom is 0.289 e. The Kier molecular flexibility index (Phi) is 8.80. The molecule has 0 bridgehead atoms. The number of ether oxygens (including phenoxy) is 1. The lowest BCUT2D eigenvalue weighted by Crippen LogP contribution is -2.38. The average Bonchev–Trinajstić information content (AvgIpc) is 3.73. The summed E-state index contributed by atoms with van der Waals surface area (Å²) in [5.74, 6) is 1.49. The van der Waals surface area contributed by atoms with E-state index in [4.69, 9.17) is 9.15 Å². The molecule has 0 saturated heterocycles. The van der Waals surface area contributed by atoms with Crippen LogP contribution in [0.4, 0.5) is 5.69 Å². The van der Waals surface area contributed by atoms with E-state index in [0.717, 1.165) is 55.0 Å². The number of carbonyl (C=O) groups excluding carboxylic acids is 1. The number of methoxy groups -OCH3 is 1. The van der Waals surface area contributed by atoms with E-state index >= 15 is 0 Å². The topological polar surface area (TPSA) is 88.7 Å². The molecule has 9 heteroatoms. The van der Waals surface area contributed by atoms with Gasteiger partial charge in [0.1, 0.15) is 5.76 Å². The summed E-state index contributed by atoms with van der Waals surface area (Å²) >= 11 is 0. The molecule has 6 rings (SSSR count). The van der Waals surface area contributed by atoms with Gasteiger partial charge in [-0.05, 0) is 53.4 Å². The fourth-order valence-corrected chi connectivity index (χ4v) is 5.40. The Bertz CT molecular complexity index is 1620. The van der Waals surface area contributed by atoms with Crippen LogP contribution in [0.2, 0.25) is 0 Å². The number of nitrogens with zero attached hydrogens (tertiary/aromatic N) is 5. The third kappa shape index (κ3) is 7.13. The molecule has 0 atom stereocenters. The van der Waals surface area contributed by atoms with Gasteiger partial charge in [0.2, 0.25) is 5.88 Å². The molecule has 1 amide bonds. The number of fused-ring (bicyclic) bond motifs is 1. The van der Waals surface area contributed by atoms with Crippen LogP contribution in [0.25, 0.3) is 11.1 Å². The van der Waals surface area contributed by atoms with E-state index in [2.05, 4.69) is 62.6 Å². The summed E-state index contributed by atoms with van der Waals surface area (Å²) in [5, 5.41) is 3.64. The van der Waals surface area contributed by atoms with Gasteiger partial charge in [-0.2, -0.15) is 0 Å². The van der Waals surface area contributed by atoms with Crippen molar-refractivity contribution in [2.45, 2.75) is 26.1 Å². The highest BCUT2D eigenvalue weighted by Crippen LogP contribution is 2.28. The summed E-state index contributed by atoms with van der Waals surface area (Å²) in [6.45, 7) is 4.87. The number of imidazole rings is 1. The first-order chi connectivity index (χ1) is 21.1. The maximum absolute atomic E-state index is 14.0. The van der Waals surface area contributed by atoms with Crippen molar-refractivity contribution < 1.29 is 13.9 Å². The summed E-state index contributed by atoms with van der Waals surface area (Å²) in [4.78, 5) is 26.8. The quantitative estimate of drug-likeness (QED) is 0.272. The van der Waals surface area contributed by atoms with Crippen LogP contribution in [-0.2, 0) is 19.6 Å². The molecule has 0 aliphatic carbocycles. The molecule has 0 spiro atoms. The number of pyridine rings is 1. The number of anilines is 1. The standard InChI is InChI=1S/C34H36N6O3/c1-42-33-13-9-28(21-37-33)27-8-11-31-29(20-27)23-40(34(41)32-12-10-30(43-32)24-39-17-15-35-25-39)19-18-38(16-5-14-36-31)22-26-6-3-2-4-7-26/h2-4,6-13,15,17,20-21,25,36H,5,14,16,18-19,22-24H2,1H3. The van der Waals surface area contributed by atoms with E-state index in [9.17, 15) is 4.79 Å². The zero-order valence-electron chi connectivity index (χ0n) is 24.4. The number of rotatable bonds is 7. The van der Waals surface area contributed by atoms with Crippen molar-refractivity contribution in [3.05, 3.63) is 120 Å². The number of hydrogen-bond acceptors (Lipinski definition) is 7. The summed E-state index contributed by atoms with van der Waals surface area (Å²) in [7, 11) is 1.61. The van der Waals surface area contributed by atoms with E-state index in [1.54, 1.807) is 25.7 Å². The van der Waals surface area contributed by atoms with Gasteiger partial charge >= 0.3 is 0 Å². The fraction of sp³-hybridized carbons (Fsp3) is 0.265. The van der Waals surface area contributed by atoms with Crippen molar-refractivity contribution in [2.75, 3.05) is 38.6 Å². The highest BCUT2D eigenvalue weighted by Gasteiger charge is 2.23. The Balaban J connectivity index is 1.28. The summed E-state index contributed by atoms with van der Waals surface area (Å²) < 4.78 is 13.2. The Labute approximate surface area is 251 Å². The number of amides is 1. The van der Waals surface area contributed by atoms with Crippen molar-refractivity contribution in [3.8, 4) is 17.0 Å². The van der Waals surface area contributed by atoms with Gasteiger partial charge in [0, 0.05) is 75.2 Å². The molecule has 1 aliphatic heterocycles. The van der Waals surface area contributed by atoms with Gasteiger partial charge in [0.15, 0.2) is 5.76 Å². The normalized spacial score (nSPS) is 14.4. The predicted molar refractivity (Wildman–Crippen MR) is 166 cm³/mol. The fourth-order valence-electron chi connectivity index (χ4n) is 5.40. The van der Waals surface area contributed by atoms with Gasteiger partial charge in [-0.3, -0.25) is 9.69 Å². The van der Waals surface area contributed by atoms with Gasteiger partial charge in [-0.1, -0.05) is 36.4 Å². The molecular weight excluding hydrogens is 540 g/mol. The summed E-state index contributed by atoms with van der Waals surface area (Å²) in [6.07, 6.45) is 8.14. The first-order valence-electron chi connectivity index (χ1n) is 14.6. The molecule has 3 aromatic heterocycles. The molecule has 2 aromatic carbocycles. The molecule has 0 radical (unpaired) electrons. The van der Waals surface area contributed by atoms with Gasteiger partial charge in [0.05, 0.1) is 20.0 Å². The lowest BCUT2D eigenvalue weighted by atomic mass is 10.0. The van der Waals surface area contributed by atoms with E-state index in [0.29, 0.717) is 37.0 Å². The predicted octanol–water partition coefficient (Wildman–Crippen LogP) is 5.56. The van der Waals surface area contributed by atoms with Crippen LogP contribution in [0.1, 0.15) is 33.9 Å². The maximum atomic E-state index is 14.0. The molecule has 0 saturated carbocycles. The van der Waals surface area contributed by atoms with Crippen LogP contribution in [0.15, 0.2) is 102 Å². The minimum atomic E-state index is -0.127.